The van der Waals surface area contributed by atoms with Crippen LogP contribution < -0.4 is 0 Å². The fourth-order valence-electron chi connectivity index (χ4n) is 4.90. The summed E-state index contributed by atoms with van der Waals surface area (Å²) in [6, 6.07) is 37.2. The summed E-state index contributed by atoms with van der Waals surface area (Å²) in [5, 5.41) is 2.36. The Hall–Kier alpha value is -3.09. The number of hydrogen-bond donors (Lipinski definition) is 0. The molecule has 2 nitrogen and oxygen atoms in total. The van der Waals surface area contributed by atoms with Gasteiger partial charge in [0.1, 0.15) is 0 Å². The van der Waals surface area contributed by atoms with Crippen LogP contribution in [-0.4, -0.2) is 9.97 Å². The van der Waals surface area contributed by atoms with Gasteiger partial charge in [-0.05, 0) is 42.8 Å². The van der Waals surface area contributed by atoms with Crippen molar-refractivity contribution in [1.29, 1.82) is 0 Å². The van der Waals surface area contributed by atoms with Crippen molar-refractivity contribution >= 4 is 10.8 Å². The third-order valence-corrected chi connectivity index (χ3v) is 7.24. The van der Waals surface area contributed by atoms with E-state index >= 15 is 0 Å². The zero-order valence-corrected chi connectivity index (χ0v) is 22.6. The second-order valence-corrected chi connectivity index (χ2v) is 10.2. The van der Waals surface area contributed by atoms with Gasteiger partial charge in [-0.15, -0.1) is 64.0 Å². The van der Waals surface area contributed by atoms with Gasteiger partial charge in [0, 0.05) is 16.8 Å². The maximum atomic E-state index is 5.19. The molecule has 0 fully saturated rings. The molecule has 174 valence electrons. The van der Waals surface area contributed by atoms with E-state index in [2.05, 4.69) is 125 Å². The van der Waals surface area contributed by atoms with Crippen molar-refractivity contribution in [3.63, 3.8) is 0 Å². The molecule has 3 aromatic carbocycles. The second-order valence-electron chi connectivity index (χ2n) is 10.2. The van der Waals surface area contributed by atoms with Crippen molar-refractivity contribution in [2.45, 2.75) is 38.5 Å². The van der Waals surface area contributed by atoms with Crippen molar-refractivity contribution in [3.05, 3.63) is 120 Å². The number of hydrogen-bond acceptors (Lipinski definition) is 2. The monoisotopic (exact) mass is 633 g/mol. The largest absolute Gasteiger partial charge is 2.00 e. The Kier molecular flexibility index (Phi) is 5.77. The molecule has 6 rings (SSSR count). The van der Waals surface area contributed by atoms with Gasteiger partial charge >= 0.3 is 21.1 Å². The molecule has 0 saturated heterocycles. The topological polar surface area (TPSA) is 25.8 Å². The van der Waals surface area contributed by atoms with Crippen LogP contribution in [0.15, 0.2) is 84.9 Å². The molecule has 0 N–H and O–H groups in total. The maximum Gasteiger partial charge on any atom is 2.00 e. The van der Waals surface area contributed by atoms with Crippen LogP contribution in [-0.2, 0) is 31.9 Å². The van der Waals surface area contributed by atoms with Gasteiger partial charge < -0.3 is 9.97 Å². The molecule has 1 aliphatic heterocycles. The van der Waals surface area contributed by atoms with Crippen LogP contribution in [0.5, 0.6) is 0 Å². The third-order valence-electron chi connectivity index (χ3n) is 7.24. The molecule has 1 aliphatic rings. The molecule has 0 aliphatic carbocycles. The van der Waals surface area contributed by atoms with Crippen molar-refractivity contribution in [2.75, 3.05) is 0 Å². The van der Waals surface area contributed by atoms with E-state index in [9.17, 15) is 0 Å². The first-order chi connectivity index (χ1) is 16.3. The molecule has 0 unspecified atom stereocenters. The Balaban J connectivity index is 0.00000253. The maximum absolute atomic E-state index is 5.19. The molecule has 3 heterocycles. The summed E-state index contributed by atoms with van der Waals surface area (Å²) < 4.78 is 0. The Morgan fingerprint density at radius 3 is 2.03 bits per heavy atom. The standard InChI is InChI=1S/C32H26N2.Pt/c1-31(2)23-12-7-11-22(19-23)27-14-8-16-29(33-27)32(3,4)30-17-9-15-28(34-30)26-20-24(31)18-21-10-5-6-13-25(21)26;/h5-18H,1-4H3;/q-2;+2. The number of aromatic nitrogens is 2. The van der Waals surface area contributed by atoms with E-state index in [1.807, 2.05) is 0 Å². The minimum atomic E-state index is -0.361. The van der Waals surface area contributed by atoms with Crippen LogP contribution in [0.3, 0.4) is 0 Å². The summed E-state index contributed by atoms with van der Waals surface area (Å²) in [4.78, 5) is 10.3. The fourth-order valence-corrected chi connectivity index (χ4v) is 4.90. The smallest absolute Gasteiger partial charge is 0.300 e. The fraction of sp³-hybridized carbons (Fsp3) is 0.188. The molecule has 0 amide bonds. The summed E-state index contributed by atoms with van der Waals surface area (Å²) >= 11 is 0. The predicted molar refractivity (Wildman–Crippen MR) is 139 cm³/mol. The third kappa shape index (κ3) is 3.85. The van der Waals surface area contributed by atoms with E-state index in [-0.39, 0.29) is 31.9 Å². The molecule has 2 aromatic heterocycles. The summed E-state index contributed by atoms with van der Waals surface area (Å²) in [5.41, 5.74) is 7.47. The molecular formula is C32H26N2Pt. The van der Waals surface area contributed by atoms with Gasteiger partial charge in [-0.2, -0.15) is 0 Å². The normalized spacial score (nSPS) is 15.1. The Morgan fingerprint density at radius 2 is 1.26 bits per heavy atom. The van der Waals surface area contributed by atoms with Gasteiger partial charge in [-0.1, -0.05) is 67.8 Å². The minimum absolute atomic E-state index is 0. The van der Waals surface area contributed by atoms with E-state index in [0.717, 1.165) is 50.4 Å². The van der Waals surface area contributed by atoms with Gasteiger partial charge in [0.2, 0.25) is 0 Å². The van der Waals surface area contributed by atoms with E-state index < -0.39 is 0 Å². The van der Waals surface area contributed by atoms with Crippen LogP contribution in [0.4, 0.5) is 0 Å². The van der Waals surface area contributed by atoms with Crippen LogP contribution in [0.25, 0.3) is 33.3 Å². The van der Waals surface area contributed by atoms with E-state index in [4.69, 9.17) is 9.97 Å². The number of pyridine rings is 2. The summed E-state index contributed by atoms with van der Waals surface area (Å²) in [5.74, 6) is 0. The molecule has 8 bridgehead atoms. The van der Waals surface area contributed by atoms with Crippen LogP contribution >= 0.6 is 0 Å². The molecule has 35 heavy (non-hydrogen) atoms. The number of fused-ring (bicyclic) bond motifs is 12. The van der Waals surface area contributed by atoms with Crippen molar-refractivity contribution < 1.29 is 21.1 Å². The van der Waals surface area contributed by atoms with E-state index in [1.54, 1.807) is 0 Å². The Labute approximate surface area is 221 Å². The minimum Gasteiger partial charge on any atom is -0.300 e. The first-order valence-corrected chi connectivity index (χ1v) is 11.8. The van der Waals surface area contributed by atoms with Crippen LogP contribution in [0.2, 0.25) is 0 Å². The molecular weight excluding hydrogens is 607 g/mol. The Bertz CT molecular complexity index is 1570. The number of benzene rings is 3. The molecule has 0 atom stereocenters. The van der Waals surface area contributed by atoms with Crippen LogP contribution in [0.1, 0.15) is 50.2 Å². The van der Waals surface area contributed by atoms with Gasteiger partial charge in [-0.25, -0.2) is 0 Å². The second kappa shape index (κ2) is 8.54. The number of rotatable bonds is 0. The first kappa shape index (κ1) is 23.6. The summed E-state index contributed by atoms with van der Waals surface area (Å²) in [7, 11) is 0. The zero-order chi connectivity index (χ0) is 23.5. The molecule has 0 radical (unpaired) electrons. The quantitative estimate of drug-likeness (QED) is 0.165. The molecule has 5 aromatic rings. The first-order valence-electron chi connectivity index (χ1n) is 11.8. The van der Waals surface area contributed by atoms with Gasteiger partial charge in [-0.3, -0.25) is 0 Å². The van der Waals surface area contributed by atoms with E-state index in [0.29, 0.717) is 0 Å². The molecule has 3 heteroatoms. The summed E-state index contributed by atoms with van der Waals surface area (Å²) in [6.45, 7) is 8.88. The van der Waals surface area contributed by atoms with Gasteiger partial charge in [0.15, 0.2) is 0 Å². The van der Waals surface area contributed by atoms with Gasteiger partial charge in [0.05, 0.1) is 0 Å². The van der Waals surface area contributed by atoms with Gasteiger partial charge in [0.25, 0.3) is 0 Å². The SMILES string of the molecule is CC1(C)c2[c-]c(ccc2)-c2cccc(n2)C(C)(C)c2cccc(n2)-c2[c-]c1cc1ccccc21.[Pt+2]. The summed E-state index contributed by atoms with van der Waals surface area (Å²) in [6.07, 6.45) is 0. The van der Waals surface area contributed by atoms with E-state index in [1.165, 1.54) is 5.39 Å². The molecule has 0 spiro atoms. The molecule has 0 saturated carbocycles. The van der Waals surface area contributed by atoms with Crippen molar-refractivity contribution in [2.24, 2.45) is 0 Å². The predicted octanol–water partition coefficient (Wildman–Crippen LogP) is 7.53. The zero-order valence-electron chi connectivity index (χ0n) is 20.3. The van der Waals surface area contributed by atoms with Crippen LogP contribution in [0, 0.1) is 12.1 Å². The number of nitrogens with zero attached hydrogens (tertiary/aromatic N) is 2. The Morgan fingerprint density at radius 1 is 0.600 bits per heavy atom. The van der Waals surface area contributed by atoms with Crippen molar-refractivity contribution in [1.82, 2.24) is 9.97 Å². The average molecular weight is 634 g/mol. The van der Waals surface area contributed by atoms with Crippen molar-refractivity contribution in [3.8, 4) is 22.5 Å². The average Bonchev–Trinajstić information content (AvgIpc) is 2.88.